The van der Waals surface area contributed by atoms with Crippen molar-refractivity contribution in [1.82, 2.24) is 15.5 Å². The molecule has 1 amide bonds. The number of hydrogen-bond acceptors (Lipinski definition) is 3. The molecule has 4 nitrogen and oxygen atoms in total. The molecule has 1 saturated heterocycles. The lowest BCUT2D eigenvalue weighted by molar-refractivity contribution is -0.125. The summed E-state index contributed by atoms with van der Waals surface area (Å²) in [5.74, 6) is 1.34. The van der Waals surface area contributed by atoms with Gasteiger partial charge in [0.05, 0.1) is 5.92 Å². The summed E-state index contributed by atoms with van der Waals surface area (Å²) in [5, 5.41) is 6.36. The fourth-order valence-corrected chi connectivity index (χ4v) is 2.51. The monoisotopic (exact) mass is 241 g/mol. The Kier molecular flexibility index (Phi) is 5.40. The van der Waals surface area contributed by atoms with E-state index in [1.54, 1.807) is 0 Å². The smallest absolute Gasteiger partial charge is 0.224 e. The Morgan fingerprint density at radius 2 is 2.06 bits per heavy atom. The molecule has 1 rings (SSSR count). The molecule has 4 heteroatoms. The molecule has 0 aromatic heterocycles. The first kappa shape index (κ1) is 14.5. The molecule has 0 aromatic carbocycles. The lowest BCUT2D eigenvalue weighted by Crippen LogP contribution is -2.45. The number of carbonyl (C=O) groups excluding carboxylic acids is 1. The summed E-state index contributed by atoms with van der Waals surface area (Å²) in [6, 6.07) is 0.406. The van der Waals surface area contributed by atoms with Gasteiger partial charge in [-0.15, -0.1) is 0 Å². The Labute approximate surface area is 105 Å². The van der Waals surface area contributed by atoms with Gasteiger partial charge in [0.25, 0.3) is 0 Å². The lowest BCUT2D eigenvalue weighted by Gasteiger charge is -2.28. The Morgan fingerprint density at radius 1 is 1.41 bits per heavy atom. The van der Waals surface area contributed by atoms with Gasteiger partial charge >= 0.3 is 0 Å². The zero-order chi connectivity index (χ0) is 13.0. The van der Waals surface area contributed by atoms with Crippen molar-refractivity contribution in [2.45, 2.75) is 26.8 Å². The van der Waals surface area contributed by atoms with Crippen molar-refractivity contribution in [2.75, 3.05) is 33.7 Å². The maximum atomic E-state index is 12.0. The number of likely N-dealkylation sites (N-methyl/N-ethyl adjacent to an activating group) is 1. The first-order valence-corrected chi connectivity index (χ1v) is 6.58. The third-order valence-corrected chi connectivity index (χ3v) is 3.77. The van der Waals surface area contributed by atoms with Crippen molar-refractivity contribution < 1.29 is 4.79 Å². The van der Waals surface area contributed by atoms with E-state index in [0.717, 1.165) is 19.6 Å². The molecule has 0 saturated carbocycles. The quantitative estimate of drug-likeness (QED) is 0.738. The number of amides is 1. The predicted octanol–water partition coefficient (Wildman–Crippen LogP) is 0.544. The molecule has 100 valence electrons. The van der Waals surface area contributed by atoms with Crippen molar-refractivity contribution >= 4 is 5.91 Å². The highest BCUT2D eigenvalue weighted by molar-refractivity contribution is 5.79. The highest BCUT2D eigenvalue weighted by Crippen LogP contribution is 2.16. The van der Waals surface area contributed by atoms with Crippen LogP contribution in [0.3, 0.4) is 0 Å². The van der Waals surface area contributed by atoms with E-state index in [2.05, 4.69) is 50.4 Å². The van der Waals surface area contributed by atoms with E-state index in [1.165, 1.54) is 0 Å². The standard InChI is InChI=1S/C13H27N3O/c1-9(2)12(16(4)5)8-15-13(17)11-7-14-6-10(11)3/h9-12,14H,6-8H2,1-5H3,(H,15,17). The average Bonchev–Trinajstić information content (AvgIpc) is 2.63. The van der Waals surface area contributed by atoms with Crippen molar-refractivity contribution in [1.29, 1.82) is 0 Å². The van der Waals surface area contributed by atoms with Crippen LogP contribution in [0.2, 0.25) is 0 Å². The van der Waals surface area contributed by atoms with E-state index in [-0.39, 0.29) is 11.8 Å². The van der Waals surface area contributed by atoms with E-state index < -0.39 is 0 Å². The van der Waals surface area contributed by atoms with Gasteiger partial charge in [-0.3, -0.25) is 4.79 Å². The maximum absolute atomic E-state index is 12.0. The van der Waals surface area contributed by atoms with Gasteiger partial charge < -0.3 is 15.5 Å². The Balaban J connectivity index is 2.41. The van der Waals surface area contributed by atoms with Gasteiger partial charge in [-0.2, -0.15) is 0 Å². The van der Waals surface area contributed by atoms with E-state index in [1.807, 2.05) is 0 Å². The number of rotatable bonds is 5. The van der Waals surface area contributed by atoms with Gasteiger partial charge in [0.15, 0.2) is 0 Å². The van der Waals surface area contributed by atoms with Crippen molar-refractivity contribution in [3.8, 4) is 0 Å². The minimum atomic E-state index is 0.143. The largest absolute Gasteiger partial charge is 0.354 e. The molecule has 1 heterocycles. The molecule has 2 N–H and O–H groups in total. The van der Waals surface area contributed by atoms with Crippen LogP contribution in [-0.2, 0) is 4.79 Å². The summed E-state index contributed by atoms with van der Waals surface area (Å²) >= 11 is 0. The minimum absolute atomic E-state index is 0.143. The first-order valence-electron chi connectivity index (χ1n) is 6.58. The van der Waals surface area contributed by atoms with E-state index in [9.17, 15) is 4.79 Å². The molecule has 1 fully saturated rings. The highest BCUT2D eigenvalue weighted by atomic mass is 16.1. The first-order chi connectivity index (χ1) is 7.93. The average molecular weight is 241 g/mol. The summed E-state index contributed by atoms with van der Waals surface area (Å²) in [7, 11) is 4.13. The summed E-state index contributed by atoms with van der Waals surface area (Å²) in [6.45, 7) is 9.04. The SMILES string of the molecule is CC(C)C(CNC(=O)C1CNCC1C)N(C)C. The number of carbonyl (C=O) groups is 1. The Morgan fingerprint density at radius 3 is 2.47 bits per heavy atom. The fraction of sp³-hybridized carbons (Fsp3) is 0.923. The molecule has 3 unspecified atom stereocenters. The molecule has 1 aliphatic rings. The zero-order valence-corrected chi connectivity index (χ0v) is 11.8. The van der Waals surface area contributed by atoms with Crippen molar-refractivity contribution in [2.24, 2.45) is 17.8 Å². The summed E-state index contributed by atoms with van der Waals surface area (Å²) < 4.78 is 0. The van der Waals surface area contributed by atoms with Gasteiger partial charge in [0.2, 0.25) is 5.91 Å². The second-order valence-electron chi connectivity index (χ2n) is 5.76. The molecule has 0 aromatic rings. The zero-order valence-electron chi connectivity index (χ0n) is 11.8. The van der Waals surface area contributed by atoms with Crippen molar-refractivity contribution in [3.05, 3.63) is 0 Å². The fourth-order valence-electron chi connectivity index (χ4n) is 2.51. The van der Waals surface area contributed by atoms with Crippen LogP contribution in [0, 0.1) is 17.8 Å². The van der Waals surface area contributed by atoms with Crippen LogP contribution in [0.5, 0.6) is 0 Å². The van der Waals surface area contributed by atoms with Gasteiger partial charge in [-0.05, 0) is 32.5 Å². The van der Waals surface area contributed by atoms with E-state index in [0.29, 0.717) is 17.9 Å². The third-order valence-electron chi connectivity index (χ3n) is 3.77. The molecular formula is C13H27N3O. The Bertz CT molecular complexity index is 245. The minimum Gasteiger partial charge on any atom is -0.354 e. The van der Waals surface area contributed by atoms with Crippen LogP contribution in [0.1, 0.15) is 20.8 Å². The molecule has 0 radical (unpaired) electrons. The number of nitrogens with zero attached hydrogens (tertiary/aromatic N) is 1. The molecular weight excluding hydrogens is 214 g/mol. The maximum Gasteiger partial charge on any atom is 0.224 e. The van der Waals surface area contributed by atoms with Crippen LogP contribution in [0.25, 0.3) is 0 Å². The van der Waals surface area contributed by atoms with E-state index in [4.69, 9.17) is 0 Å². The lowest BCUT2D eigenvalue weighted by atomic mass is 9.96. The normalized spacial score (nSPS) is 26.5. The van der Waals surface area contributed by atoms with Crippen LogP contribution < -0.4 is 10.6 Å². The molecule has 1 aliphatic heterocycles. The molecule has 3 atom stereocenters. The van der Waals surface area contributed by atoms with Crippen LogP contribution in [-0.4, -0.2) is 50.6 Å². The molecule has 0 bridgehead atoms. The van der Waals surface area contributed by atoms with Crippen LogP contribution in [0.4, 0.5) is 0 Å². The topological polar surface area (TPSA) is 44.4 Å². The van der Waals surface area contributed by atoms with Gasteiger partial charge in [-0.1, -0.05) is 20.8 Å². The molecule has 0 aliphatic carbocycles. The number of nitrogens with one attached hydrogen (secondary N) is 2. The third kappa shape index (κ3) is 3.96. The van der Waals surface area contributed by atoms with Crippen molar-refractivity contribution in [3.63, 3.8) is 0 Å². The van der Waals surface area contributed by atoms with Gasteiger partial charge in [0, 0.05) is 19.1 Å². The number of hydrogen-bond donors (Lipinski definition) is 2. The highest BCUT2D eigenvalue weighted by Gasteiger charge is 2.30. The predicted molar refractivity (Wildman–Crippen MR) is 70.8 cm³/mol. The van der Waals surface area contributed by atoms with Gasteiger partial charge in [0.1, 0.15) is 0 Å². The van der Waals surface area contributed by atoms with Gasteiger partial charge in [-0.25, -0.2) is 0 Å². The Hall–Kier alpha value is -0.610. The summed E-state index contributed by atoms with van der Waals surface area (Å²) in [4.78, 5) is 14.2. The van der Waals surface area contributed by atoms with Crippen LogP contribution >= 0.6 is 0 Å². The summed E-state index contributed by atoms with van der Waals surface area (Å²) in [6.07, 6.45) is 0. The van der Waals surface area contributed by atoms with E-state index >= 15 is 0 Å². The second-order valence-corrected chi connectivity index (χ2v) is 5.76. The molecule has 17 heavy (non-hydrogen) atoms. The second kappa shape index (κ2) is 6.36. The molecule has 0 spiro atoms. The summed E-state index contributed by atoms with van der Waals surface area (Å²) in [5.41, 5.74) is 0. The van der Waals surface area contributed by atoms with Crippen LogP contribution in [0.15, 0.2) is 0 Å².